The molecule has 7 heteroatoms. The van der Waals surface area contributed by atoms with Crippen LogP contribution in [0.25, 0.3) is 11.1 Å². The van der Waals surface area contributed by atoms with Crippen LogP contribution in [0, 0.1) is 5.92 Å². The number of carboxylic acids is 2. The monoisotopic (exact) mass is 399 g/mol. The van der Waals surface area contributed by atoms with Crippen molar-refractivity contribution in [2.24, 2.45) is 5.92 Å². The fraction of sp³-hybridized carbons (Fsp3) is 0.286. The van der Waals surface area contributed by atoms with Crippen LogP contribution < -0.4 is 0 Å². The van der Waals surface area contributed by atoms with Gasteiger partial charge in [0.25, 0.3) is 5.22 Å². The van der Waals surface area contributed by atoms with E-state index in [9.17, 15) is 14.7 Å². The number of fused-ring (bicyclic) bond motifs is 1. The van der Waals surface area contributed by atoms with Crippen molar-refractivity contribution in [3.05, 3.63) is 60.2 Å². The number of oxazole rings is 1. The minimum atomic E-state index is -1.10. The lowest BCUT2D eigenvalue weighted by atomic mass is 9.81. The molecule has 0 aliphatic rings. The van der Waals surface area contributed by atoms with Crippen LogP contribution in [0.1, 0.15) is 30.7 Å². The molecular formula is C21H21NO5S. The Morgan fingerprint density at radius 1 is 1.04 bits per heavy atom. The van der Waals surface area contributed by atoms with E-state index in [1.165, 1.54) is 11.8 Å². The van der Waals surface area contributed by atoms with Crippen molar-refractivity contribution in [3.8, 4) is 0 Å². The van der Waals surface area contributed by atoms with Gasteiger partial charge in [0, 0.05) is 5.75 Å². The number of rotatable bonds is 10. The first-order valence-electron chi connectivity index (χ1n) is 9.02. The molecule has 2 N–H and O–H groups in total. The number of carbonyl (C=O) groups is 2. The van der Waals surface area contributed by atoms with Crippen molar-refractivity contribution in [1.29, 1.82) is 0 Å². The normalized spacial score (nSPS) is 13.3. The molecule has 146 valence electrons. The second kappa shape index (κ2) is 9.41. The van der Waals surface area contributed by atoms with Gasteiger partial charge in [-0.15, -0.1) is 0 Å². The van der Waals surface area contributed by atoms with Gasteiger partial charge in [0.15, 0.2) is 5.58 Å². The first kappa shape index (κ1) is 19.9. The second-order valence-corrected chi connectivity index (χ2v) is 7.54. The topological polar surface area (TPSA) is 101 Å². The van der Waals surface area contributed by atoms with E-state index in [-0.39, 0.29) is 5.92 Å². The number of aromatic nitrogens is 1. The molecule has 2 atom stereocenters. The van der Waals surface area contributed by atoms with Gasteiger partial charge in [-0.25, -0.2) is 4.98 Å². The van der Waals surface area contributed by atoms with Crippen molar-refractivity contribution in [2.75, 3.05) is 5.75 Å². The Morgan fingerprint density at radius 3 is 2.43 bits per heavy atom. The Labute approximate surface area is 166 Å². The van der Waals surface area contributed by atoms with E-state index in [0.717, 1.165) is 16.7 Å². The third-order valence-corrected chi connectivity index (χ3v) is 5.50. The van der Waals surface area contributed by atoms with Crippen molar-refractivity contribution < 1.29 is 24.2 Å². The van der Waals surface area contributed by atoms with Crippen LogP contribution in [0.4, 0.5) is 0 Å². The fourth-order valence-electron chi connectivity index (χ4n) is 3.27. The average molecular weight is 399 g/mol. The predicted molar refractivity (Wildman–Crippen MR) is 107 cm³/mol. The Bertz CT molecular complexity index is 907. The summed E-state index contributed by atoms with van der Waals surface area (Å²) in [6, 6.07) is 16.8. The third kappa shape index (κ3) is 5.13. The second-order valence-electron chi connectivity index (χ2n) is 6.50. The van der Waals surface area contributed by atoms with Crippen LogP contribution in [0.5, 0.6) is 0 Å². The number of hydrogen-bond donors (Lipinski definition) is 2. The van der Waals surface area contributed by atoms with Crippen molar-refractivity contribution in [1.82, 2.24) is 4.98 Å². The van der Waals surface area contributed by atoms with Gasteiger partial charge >= 0.3 is 11.9 Å². The molecule has 0 radical (unpaired) electrons. The summed E-state index contributed by atoms with van der Waals surface area (Å²) in [7, 11) is 0. The van der Waals surface area contributed by atoms with E-state index in [4.69, 9.17) is 9.52 Å². The summed E-state index contributed by atoms with van der Waals surface area (Å²) in [5.74, 6) is -2.81. The lowest BCUT2D eigenvalue weighted by Crippen LogP contribution is -2.25. The molecule has 0 saturated heterocycles. The highest BCUT2D eigenvalue weighted by atomic mass is 32.2. The Morgan fingerprint density at radius 2 is 1.75 bits per heavy atom. The van der Waals surface area contributed by atoms with E-state index in [0.29, 0.717) is 23.8 Å². The molecule has 1 aromatic heterocycles. The van der Waals surface area contributed by atoms with E-state index in [1.54, 1.807) is 0 Å². The molecule has 6 nitrogen and oxygen atoms in total. The summed E-state index contributed by atoms with van der Waals surface area (Å²) < 4.78 is 5.68. The fourth-order valence-corrected chi connectivity index (χ4v) is 4.06. The van der Waals surface area contributed by atoms with Crippen LogP contribution >= 0.6 is 11.8 Å². The molecule has 0 amide bonds. The van der Waals surface area contributed by atoms with Gasteiger partial charge in [-0.3, -0.25) is 9.59 Å². The summed E-state index contributed by atoms with van der Waals surface area (Å²) in [5.41, 5.74) is 2.39. The summed E-state index contributed by atoms with van der Waals surface area (Å²) >= 11 is 1.48. The number of para-hydroxylation sites is 2. The summed E-state index contributed by atoms with van der Waals surface area (Å²) in [5, 5.41) is 19.3. The number of carboxylic acid groups (broad SMARTS) is 2. The molecule has 3 rings (SSSR count). The first-order valence-corrected chi connectivity index (χ1v) is 10.0. The minimum absolute atomic E-state index is 0.362. The van der Waals surface area contributed by atoms with Gasteiger partial charge in [-0.2, -0.15) is 0 Å². The van der Waals surface area contributed by atoms with Gasteiger partial charge in [-0.1, -0.05) is 54.2 Å². The number of benzene rings is 2. The van der Waals surface area contributed by atoms with Gasteiger partial charge in [-0.05, 0) is 36.5 Å². The van der Waals surface area contributed by atoms with Crippen LogP contribution in [-0.2, 0) is 9.59 Å². The van der Waals surface area contributed by atoms with Crippen molar-refractivity contribution >= 4 is 34.8 Å². The highest BCUT2D eigenvalue weighted by Gasteiger charge is 2.31. The first-order chi connectivity index (χ1) is 13.5. The van der Waals surface area contributed by atoms with Gasteiger partial charge in [0.05, 0.1) is 12.3 Å². The lowest BCUT2D eigenvalue weighted by Gasteiger charge is -2.23. The smallest absolute Gasteiger partial charge is 0.307 e. The number of hydrogen-bond acceptors (Lipinski definition) is 5. The standard InChI is InChI=1S/C21H21NO5S/c23-19(24)13-16(20(25)26)15(14-7-2-1-3-8-14)9-6-12-28-21-22-17-10-4-5-11-18(17)27-21/h1-5,7-8,10-11,15-16H,6,9,12-13H2,(H,23,24)(H,25,26). The molecule has 1 heterocycles. The third-order valence-electron chi connectivity index (χ3n) is 4.58. The van der Waals surface area contributed by atoms with Crippen LogP contribution in [0.2, 0.25) is 0 Å². The van der Waals surface area contributed by atoms with Crippen molar-refractivity contribution in [3.63, 3.8) is 0 Å². The summed E-state index contributed by atoms with van der Waals surface area (Å²) in [4.78, 5) is 27.3. The molecule has 0 fully saturated rings. The Balaban J connectivity index is 1.65. The molecule has 3 aromatic rings. The average Bonchev–Trinajstić information content (AvgIpc) is 3.10. The van der Waals surface area contributed by atoms with E-state index < -0.39 is 24.3 Å². The number of aliphatic carboxylic acids is 2. The van der Waals surface area contributed by atoms with E-state index in [2.05, 4.69) is 4.98 Å². The number of nitrogens with zero attached hydrogens (tertiary/aromatic N) is 1. The maximum atomic E-state index is 11.7. The van der Waals surface area contributed by atoms with Gasteiger partial charge in [0.2, 0.25) is 0 Å². The molecule has 28 heavy (non-hydrogen) atoms. The zero-order valence-electron chi connectivity index (χ0n) is 15.2. The van der Waals surface area contributed by atoms with Crippen molar-refractivity contribution in [2.45, 2.75) is 30.4 Å². The molecular weight excluding hydrogens is 378 g/mol. The largest absolute Gasteiger partial charge is 0.481 e. The highest BCUT2D eigenvalue weighted by molar-refractivity contribution is 7.99. The molecule has 2 aromatic carbocycles. The maximum absolute atomic E-state index is 11.7. The maximum Gasteiger partial charge on any atom is 0.307 e. The van der Waals surface area contributed by atoms with Crippen LogP contribution in [-0.4, -0.2) is 32.9 Å². The zero-order valence-corrected chi connectivity index (χ0v) is 16.0. The zero-order chi connectivity index (χ0) is 19.9. The molecule has 0 bridgehead atoms. The molecule has 0 aliphatic heterocycles. The predicted octanol–water partition coefficient (Wildman–Crippen LogP) is 4.66. The molecule has 2 unspecified atom stereocenters. The quantitative estimate of drug-likeness (QED) is 0.378. The molecule has 0 spiro atoms. The summed E-state index contributed by atoms with van der Waals surface area (Å²) in [6.45, 7) is 0. The summed E-state index contributed by atoms with van der Waals surface area (Å²) in [6.07, 6.45) is 0.890. The number of thioether (sulfide) groups is 1. The van der Waals surface area contributed by atoms with Gasteiger partial charge in [0.1, 0.15) is 5.52 Å². The Hall–Kier alpha value is -2.80. The van der Waals surface area contributed by atoms with Gasteiger partial charge < -0.3 is 14.6 Å². The SMILES string of the molecule is O=C(O)CC(C(=O)O)C(CCCSc1nc2ccccc2o1)c1ccccc1. The molecule has 0 aliphatic carbocycles. The van der Waals surface area contributed by atoms with E-state index in [1.807, 2.05) is 54.6 Å². The van der Waals surface area contributed by atoms with E-state index >= 15 is 0 Å². The highest BCUT2D eigenvalue weighted by Crippen LogP contribution is 2.33. The minimum Gasteiger partial charge on any atom is -0.481 e. The Kier molecular flexibility index (Phi) is 6.71. The molecule has 0 saturated carbocycles. The van der Waals surface area contributed by atoms with Crippen LogP contribution in [0.3, 0.4) is 0 Å². The lowest BCUT2D eigenvalue weighted by molar-refractivity contribution is -0.149. The van der Waals surface area contributed by atoms with Crippen LogP contribution in [0.15, 0.2) is 64.2 Å².